The van der Waals surface area contributed by atoms with Crippen molar-refractivity contribution in [1.29, 1.82) is 0 Å². The maximum Gasteiger partial charge on any atom is 0.387 e. The molecule has 0 fully saturated rings. The van der Waals surface area contributed by atoms with Crippen molar-refractivity contribution in [3.63, 3.8) is 0 Å². The summed E-state index contributed by atoms with van der Waals surface area (Å²) in [6.45, 7) is -0.125. The summed E-state index contributed by atoms with van der Waals surface area (Å²) in [5.41, 5.74) is 1.48. The van der Waals surface area contributed by atoms with Crippen LogP contribution in [0.3, 0.4) is 0 Å². The number of nitrogens with one attached hydrogen (secondary N) is 2. The fourth-order valence-electron chi connectivity index (χ4n) is 2.85. The Morgan fingerprint density at radius 2 is 2.03 bits per heavy atom. The highest BCUT2D eigenvalue weighted by atomic mass is 19.3. The van der Waals surface area contributed by atoms with E-state index >= 15 is 0 Å². The van der Waals surface area contributed by atoms with Crippen LogP contribution in [0.2, 0.25) is 0 Å². The Bertz CT molecular complexity index is 978. The van der Waals surface area contributed by atoms with Crippen molar-refractivity contribution in [1.82, 2.24) is 25.2 Å². The lowest BCUT2D eigenvalue weighted by Crippen LogP contribution is -2.36. The predicted octanol–water partition coefficient (Wildman–Crippen LogP) is 3.13. The first kappa shape index (κ1) is 22.0. The molecular formula is C21H24F2N6O2. The number of alkyl halides is 2. The zero-order chi connectivity index (χ0) is 22.1. The molecule has 2 heterocycles. The minimum atomic E-state index is -2.95. The summed E-state index contributed by atoms with van der Waals surface area (Å²) in [6, 6.07) is 8.85. The molecule has 0 aliphatic heterocycles. The normalized spacial score (nSPS) is 11.5. The molecule has 0 spiro atoms. The molecule has 1 aromatic carbocycles. The third kappa shape index (κ3) is 6.14. The first-order chi connectivity index (χ1) is 15.1. The Morgan fingerprint density at radius 1 is 1.19 bits per heavy atom. The molecule has 3 aromatic rings. The molecule has 0 bridgehead atoms. The fraction of sp³-hybridized carbons (Fsp3) is 0.286. The Morgan fingerprint density at radius 3 is 2.68 bits per heavy atom. The molecule has 0 radical (unpaired) electrons. The van der Waals surface area contributed by atoms with E-state index in [1.54, 1.807) is 50.9 Å². The number of para-hydroxylation sites is 1. The molecule has 8 nitrogen and oxygen atoms in total. The minimum Gasteiger partial charge on any atom is -0.490 e. The lowest BCUT2D eigenvalue weighted by Gasteiger charge is -2.17. The Kier molecular flexibility index (Phi) is 7.74. The van der Waals surface area contributed by atoms with E-state index in [9.17, 15) is 8.78 Å². The first-order valence-electron chi connectivity index (χ1n) is 9.68. The van der Waals surface area contributed by atoms with Gasteiger partial charge in [-0.2, -0.15) is 8.78 Å². The van der Waals surface area contributed by atoms with Gasteiger partial charge < -0.3 is 20.1 Å². The molecule has 10 heteroatoms. The van der Waals surface area contributed by atoms with Gasteiger partial charge in [0.25, 0.3) is 0 Å². The molecule has 2 aromatic heterocycles. The number of pyridine rings is 1. The second-order valence-corrected chi connectivity index (χ2v) is 6.33. The summed E-state index contributed by atoms with van der Waals surface area (Å²) in [4.78, 5) is 12.6. The highest BCUT2D eigenvalue weighted by Gasteiger charge is 2.16. The number of halogens is 2. The second kappa shape index (κ2) is 10.9. The predicted molar refractivity (Wildman–Crippen MR) is 113 cm³/mol. The van der Waals surface area contributed by atoms with Gasteiger partial charge in [0.1, 0.15) is 12.1 Å². The number of rotatable bonds is 9. The molecule has 0 amide bonds. The van der Waals surface area contributed by atoms with Gasteiger partial charge >= 0.3 is 6.61 Å². The minimum absolute atomic E-state index is 0.0154. The van der Waals surface area contributed by atoms with Crippen molar-refractivity contribution in [2.45, 2.75) is 26.6 Å². The van der Waals surface area contributed by atoms with Crippen LogP contribution in [0.15, 0.2) is 60.2 Å². The van der Waals surface area contributed by atoms with Crippen LogP contribution >= 0.6 is 0 Å². The van der Waals surface area contributed by atoms with Gasteiger partial charge in [-0.1, -0.05) is 18.2 Å². The lowest BCUT2D eigenvalue weighted by molar-refractivity contribution is -0.0520. The molecule has 3 rings (SSSR count). The molecule has 0 atom stereocenters. The molecule has 0 saturated carbocycles. The largest absolute Gasteiger partial charge is 0.490 e. The SMILES string of the molecule is CCOc1cccc(CNC(=NC)NCc2ccc(-n3ccnc3)nc2)c1OC(F)F. The Balaban J connectivity index is 1.60. The summed E-state index contributed by atoms with van der Waals surface area (Å²) < 4.78 is 37.6. The van der Waals surface area contributed by atoms with Gasteiger partial charge in [0.05, 0.1) is 6.61 Å². The van der Waals surface area contributed by atoms with Gasteiger partial charge in [0, 0.05) is 44.3 Å². The number of hydrogen-bond acceptors (Lipinski definition) is 5. The van der Waals surface area contributed by atoms with Crippen LogP contribution < -0.4 is 20.1 Å². The van der Waals surface area contributed by atoms with Gasteiger partial charge in [-0.3, -0.25) is 9.56 Å². The van der Waals surface area contributed by atoms with Crippen molar-refractivity contribution < 1.29 is 18.3 Å². The zero-order valence-electron chi connectivity index (χ0n) is 17.3. The summed E-state index contributed by atoms with van der Waals surface area (Å²) in [6.07, 6.45) is 6.95. The zero-order valence-corrected chi connectivity index (χ0v) is 17.3. The van der Waals surface area contributed by atoms with Crippen LogP contribution in [0.1, 0.15) is 18.1 Å². The topological polar surface area (TPSA) is 85.6 Å². The van der Waals surface area contributed by atoms with E-state index in [-0.39, 0.29) is 18.0 Å². The average molecular weight is 430 g/mol. The van der Waals surface area contributed by atoms with Crippen molar-refractivity contribution in [2.75, 3.05) is 13.7 Å². The van der Waals surface area contributed by atoms with Crippen LogP contribution in [0.25, 0.3) is 5.82 Å². The number of imidazole rings is 1. The fourth-order valence-corrected chi connectivity index (χ4v) is 2.85. The molecule has 2 N–H and O–H groups in total. The molecule has 164 valence electrons. The van der Waals surface area contributed by atoms with E-state index in [1.807, 2.05) is 22.9 Å². The summed E-state index contributed by atoms with van der Waals surface area (Å²) in [5, 5.41) is 6.27. The van der Waals surface area contributed by atoms with E-state index in [1.165, 1.54) is 0 Å². The third-order valence-corrected chi connectivity index (χ3v) is 4.28. The number of benzene rings is 1. The van der Waals surface area contributed by atoms with Crippen molar-refractivity contribution in [2.24, 2.45) is 4.99 Å². The second-order valence-electron chi connectivity index (χ2n) is 6.33. The van der Waals surface area contributed by atoms with E-state index in [0.29, 0.717) is 24.7 Å². The van der Waals surface area contributed by atoms with Crippen LogP contribution in [0.5, 0.6) is 11.5 Å². The number of aromatic nitrogens is 3. The maximum absolute atomic E-state index is 12.9. The van der Waals surface area contributed by atoms with Gasteiger partial charge in [-0.25, -0.2) is 9.97 Å². The van der Waals surface area contributed by atoms with Crippen LogP contribution in [0.4, 0.5) is 8.78 Å². The van der Waals surface area contributed by atoms with Crippen molar-refractivity contribution >= 4 is 5.96 Å². The van der Waals surface area contributed by atoms with E-state index in [0.717, 1.165) is 11.4 Å². The Hall–Kier alpha value is -3.69. The first-order valence-corrected chi connectivity index (χ1v) is 9.68. The standard InChI is InChI=1S/C21H24F2N6O2/c1-3-30-17-6-4-5-16(19(17)31-20(22)23)13-28-21(24-2)27-12-15-7-8-18(26-11-15)29-10-9-25-14-29/h4-11,14,20H,3,12-13H2,1-2H3,(H2,24,27,28). The quantitative estimate of drug-likeness (QED) is 0.401. The number of ether oxygens (including phenoxy) is 2. The smallest absolute Gasteiger partial charge is 0.387 e. The van der Waals surface area contributed by atoms with Crippen LogP contribution in [-0.2, 0) is 13.1 Å². The monoisotopic (exact) mass is 430 g/mol. The maximum atomic E-state index is 12.9. The molecular weight excluding hydrogens is 406 g/mol. The molecule has 0 saturated heterocycles. The van der Waals surface area contributed by atoms with E-state index in [4.69, 9.17) is 9.47 Å². The van der Waals surface area contributed by atoms with Crippen molar-refractivity contribution in [3.05, 3.63) is 66.4 Å². The molecule has 0 aliphatic rings. The highest BCUT2D eigenvalue weighted by molar-refractivity contribution is 5.79. The summed E-state index contributed by atoms with van der Waals surface area (Å²) >= 11 is 0. The number of hydrogen-bond donors (Lipinski definition) is 2. The average Bonchev–Trinajstić information content (AvgIpc) is 3.31. The molecule has 0 aliphatic carbocycles. The summed E-state index contributed by atoms with van der Waals surface area (Å²) in [7, 11) is 1.63. The van der Waals surface area contributed by atoms with Gasteiger partial charge in [-0.15, -0.1) is 0 Å². The lowest BCUT2D eigenvalue weighted by atomic mass is 10.2. The van der Waals surface area contributed by atoms with Gasteiger partial charge in [-0.05, 0) is 24.6 Å². The van der Waals surface area contributed by atoms with E-state index < -0.39 is 6.61 Å². The van der Waals surface area contributed by atoms with Crippen LogP contribution in [0, 0.1) is 0 Å². The number of nitrogens with zero attached hydrogens (tertiary/aromatic N) is 4. The number of guanidine groups is 1. The highest BCUT2D eigenvalue weighted by Crippen LogP contribution is 2.32. The van der Waals surface area contributed by atoms with Crippen LogP contribution in [-0.4, -0.2) is 40.8 Å². The third-order valence-electron chi connectivity index (χ3n) is 4.28. The molecule has 31 heavy (non-hydrogen) atoms. The van der Waals surface area contributed by atoms with Gasteiger partial charge in [0.15, 0.2) is 17.5 Å². The number of aliphatic imine (C=N–C) groups is 1. The molecule has 0 unspecified atom stereocenters. The van der Waals surface area contributed by atoms with Gasteiger partial charge in [0.2, 0.25) is 0 Å². The summed E-state index contributed by atoms with van der Waals surface area (Å²) in [5.74, 6) is 1.56. The van der Waals surface area contributed by atoms with Crippen molar-refractivity contribution in [3.8, 4) is 17.3 Å². The van der Waals surface area contributed by atoms with E-state index in [2.05, 4.69) is 25.6 Å². The Labute approximate surface area is 179 Å².